The van der Waals surface area contributed by atoms with Crippen molar-refractivity contribution in [3.05, 3.63) is 40.3 Å². The molecule has 216 valence electrons. The van der Waals surface area contributed by atoms with Crippen molar-refractivity contribution < 1.29 is 19.8 Å². The molecule has 4 fully saturated rings. The molecule has 2 saturated carbocycles. The van der Waals surface area contributed by atoms with Gasteiger partial charge in [-0.15, -0.1) is 0 Å². The van der Waals surface area contributed by atoms with E-state index in [1.54, 1.807) is 0 Å². The van der Waals surface area contributed by atoms with E-state index in [1.165, 1.54) is 57.8 Å². The van der Waals surface area contributed by atoms with Crippen molar-refractivity contribution in [2.45, 2.75) is 108 Å². The molecule has 4 aliphatic rings. The number of aromatic nitrogens is 2. The van der Waals surface area contributed by atoms with E-state index in [9.17, 15) is 14.7 Å². The molecule has 2 aliphatic carbocycles. The van der Waals surface area contributed by atoms with Crippen molar-refractivity contribution in [2.24, 2.45) is 17.0 Å². The van der Waals surface area contributed by atoms with E-state index in [1.807, 2.05) is 28.8 Å². The molecule has 6 rings (SSSR count). The second-order valence-electron chi connectivity index (χ2n) is 12.4. The van der Waals surface area contributed by atoms with Gasteiger partial charge in [-0.1, -0.05) is 43.0 Å². The first-order valence-electron chi connectivity index (χ1n) is 15.3. The molecule has 2 N–H and O–H groups in total. The Balaban J connectivity index is 1.34. The zero-order chi connectivity index (χ0) is 27.6. The fourth-order valence-electron chi connectivity index (χ4n) is 8.44. The number of oxime groups is 1. The number of carbonyl (C=O) groups is 1. The molecule has 2 aliphatic heterocycles. The summed E-state index contributed by atoms with van der Waals surface area (Å²) in [5.74, 6) is 0.798. The van der Waals surface area contributed by atoms with E-state index in [0.717, 1.165) is 30.2 Å². The number of nitrogens with zero attached hydrogens (tertiary/aromatic N) is 4. The third kappa shape index (κ3) is 5.55. The smallest absolute Gasteiger partial charge is 0.303 e. The van der Waals surface area contributed by atoms with Crippen molar-refractivity contribution in [3.8, 4) is 0 Å². The number of aliphatic carboxylic acids is 1. The summed E-state index contributed by atoms with van der Waals surface area (Å²) in [7, 11) is 0. The molecule has 1 aromatic carbocycles. The molecule has 9 heteroatoms. The van der Waals surface area contributed by atoms with Gasteiger partial charge in [-0.25, -0.2) is 4.98 Å². The lowest BCUT2D eigenvalue weighted by Gasteiger charge is -2.55. The van der Waals surface area contributed by atoms with Crippen molar-refractivity contribution in [2.75, 3.05) is 13.2 Å². The van der Waals surface area contributed by atoms with Crippen LogP contribution in [0.5, 0.6) is 0 Å². The van der Waals surface area contributed by atoms with Crippen molar-refractivity contribution in [3.63, 3.8) is 0 Å². The Labute approximate surface area is 235 Å². The Morgan fingerprint density at radius 1 is 0.925 bits per heavy atom. The number of carboxylic acids is 1. The maximum atomic E-state index is 14.2. The first kappa shape index (κ1) is 27.4. The molecule has 4 bridgehead atoms. The Morgan fingerprint density at radius 3 is 2.33 bits per heavy atom. The normalized spacial score (nSPS) is 30.8. The summed E-state index contributed by atoms with van der Waals surface area (Å²) in [5.41, 5.74) is 1.63. The van der Waals surface area contributed by atoms with Crippen LogP contribution in [-0.2, 0) is 9.63 Å². The van der Waals surface area contributed by atoms with Gasteiger partial charge in [-0.05, 0) is 68.9 Å². The van der Waals surface area contributed by atoms with E-state index in [2.05, 4.69) is 15.0 Å². The second-order valence-corrected chi connectivity index (χ2v) is 12.4. The van der Waals surface area contributed by atoms with Gasteiger partial charge in [0.25, 0.3) is 5.56 Å². The van der Waals surface area contributed by atoms with Gasteiger partial charge in [0.2, 0.25) is 0 Å². The van der Waals surface area contributed by atoms with E-state index in [4.69, 9.17) is 9.94 Å². The molecule has 5 atom stereocenters. The quantitative estimate of drug-likeness (QED) is 0.268. The lowest BCUT2D eigenvalue weighted by atomic mass is 9.68. The molecule has 0 radical (unpaired) electrons. The maximum Gasteiger partial charge on any atom is 0.303 e. The van der Waals surface area contributed by atoms with Crippen LogP contribution in [0.2, 0.25) is 0 Å². The number of benzene rings is 1. The van der Waals surface area contributed by atoms with E-state index < -0.39 is 5.97 Å². The summed E-state index contributed by atoms with van der Waals surface area (Å²) >= 11 is 0. The summed E-state index contributed by atoms with van der Waals surface area (Å²) < 4.78 is 1.93. The zero-order valence-electron chi connectivity index (χ0n) is 23.3. The maximum absolute atomic E-state index is 14.2. The van der Waals surface area contributed by atoms with Crippen molar-refractivity contribution in [1.82, 2.24) is 14.5 Å². The molecule has 0 spiro atoms. The van der Waals surface area contributed by atoms with Crippen LogP contribution in [-0.4, -0.2) is 67.7 Å². The van der Waals surface area contributed by atoms with Crippen molar-refractivity contribution >= 4 is 22.7 Å². The van der Waals surface area contributed by atoms with Gasteiger partial charge >= 0.3 is 5.97 Å². The van der Waals surface area contributed by atoms with Gasteiger partial charge < -0.3 is 19.6 Å². The fourth-order valence-corrected chi connectivity index (χ4v) is 8.44. The number of fused-ring (bicyclic) bond motifs is 5. The lowest BCUT2D eigenvalue weighted by Crippen LogP contribution is -2.58. The number of carboxylic acid groups (broad SMARTS) is 1. The number of aliphatic hydroxyl groups is 1. The number of para-hydroxylation sites is 2. The molecule has 9 nitrogen and oxygen atoms in total. The summed E-state index contributed by atoms with van der Waals surface area (Å²) in [6.45, 7) is -0.266. The number of hydrogen-bond donors (Lipinski definition) is 2. The lowest BCUT2D eigenvalue weighted by molar-refractivity contribution is -0.136. The second kappa shape index (κ2) is 12.0. The molecular formula is C31H42N4O5. The molecule has 40 heavy (non-hydrogen) atoms. The van der Waals surface area contributed by atoms with Gasteiger partial charge in [-0.2, -0.15) is 0 Å². The summed E-state index contributed by atoms with van der Waals surface area (Å²) in [6.07, 6.45) is 13.6. The fraction of sp³-hybridized carbons (Fsp3) is 0.677. The third-order valence-corrected chi connectivity index (χ3v) is 9.90. The largest absolute Gasteiger partial charge is 0.481 e. The number of aliphatic hydroxyl groups excluding tert-OH is 1. The molecule has 1 aromatic heterocycles. The summed E-state index contributed by atoms with van der Waals surface area (Å²) in [6, 6.07) is 9.41. The predicted molar refractivity (Wildman–Crippen MR) is 152 cm³/mol. The molecule has 2 saturated heterocycles. The monoisotopic (exact) mass is 550 g/mol. The molecule has 0 amide bonds. The SMILES string of the molecule is O=C(O)CCC(=NOCCO)c1nc2ccccc2n([C@H]2C[C@H]3CCC[C@@H](C2)N3C2CC3CCCC(C3)C2)c1=O. The van der Waals surface area contributed by atoms with E-state index in [0.29, 0.717) is 23.6 Å². The van der Waals surface area contributed by atoms with Crippen LogP contribution in [0.25, 0.3) is 11.0 Å². The highest BCUT2D eigenvalue weighted by Crippen LogP contribution is 2.47. The van der Waals surface area contributed by atoms with Crippen LogP contribution < -0.4 is 5.56 Å². The standard InChI is InChI=1S/C31H42N4O5/c36-13-14-40-33-27(11-12-29(37)38)30-31(39)35(28-10-2-1-9-26(28)32-30)25-18-22-7-4-8-23(19-25)34(22)24-16-20-5-3-6-21(15-20)17-24/h1-2,9-10,20-25,36H,3-8,11-19H2,(H,37,38)/t20?,21?,22-,23+,24?,25+. The topological polar surface area (TPSA) is 117 Å². The average Bonchev–Trinajstić information content (AvgIpc) is 2.94. The number of hydrogen-bond acceptors (Lipinski definition) is 7. The minimum Gasteiger partial charge on any atom is -0.481 e. The van der Waals surface area contributed by atoms with Gasteiger partial charge in [0.15, 0.2) is 5.69 Å². The van der Waals surface area contributed by atoms with Crippen LogP contribution in [0.3, 0.4) is 0 Å². The van der Waals surface area contributed by atoms with E-state index >= 15 is 0 Å². The number of rotatable bonds is 9. The predicted octanol–water partition coefficient (Wildman–Crippen LogP) is 4.50. The van der Waals surface area contributed by atoms with Gasteiger partial charge in [0.1, 0.15) is 12.3 Å². The van der Waals surface area contributed by atoms with Crippen molar-refractivity contribution in [1.29, 1.82) is 0 Å². The van der Waals surface area contributed by atoms with Crippen LogP contribution >= 0.6 is 0 Å². The zero-order valence-corrected chi connectivity index (χ0v) is 23.3. The molecular weight excluding hydrogens is 508 g/mol. The average molecular weight is 551 g/mol. The Bertz CT molecular complexity index is 1280. The minimum atomic E-state index is -0.983. The highest BCUT2D eigenvalue weighted by Gasteiger charge is 2.45. The van der Waals surface area contributed by atoms with Gasteiger partial charge in [0, 0.05) is 30.6 Å². The third-order valence-electron chi connectivity index (χ3n) is 9.90. The van der Waals surface area contributed by atoms with Crippen LogP contribution in [0.15, 0.2) is 34.2 Å². The highest BCUT2D eigenvalue weighted by atomic mass is 16.6. The van der Waals surface area contributed by atoms with Crippen LogP contribution in [0.1, 0.15) is 95.2 Å². The summed E-state index contributed by atoms with van der Waals surface area (Å²) in [5, 5.41) is 22.5. The number of piperidine rings is 2. The first-order chi connectivity index (χ1) is 19.5. The Hall–Kier alpha value is -2.78. The summed E-state index contributed by atoms with van der Waals surface area (Å²) in [4.78, 5) is 38.3. The Morgan fingerprint density at radius 2 is 1.62 bits per heavy atom. The van der Waals surface area contributed by atoms with E-state index in [-0.39, 0.29) is 49.1 Å². The molecule has 2 unspecified atom stereocenters. The first-order valence-corrected chi connectivity index (χ1v) is 15.3. The minimum absolute atomic E-state index is 0.0229. The molecule has 2 aromatic rings. The Kier molecular flexibility index (Phi) is 8.21. The van der Waals surface area contributed by atoms with Crippen LogP contribution in [0, 0.1) is 11.8 Å². The highest BCUT2D eigenvalue weighted by molar-refractivity contribution is 6.00. The van der Waals surface area contributed by atoms with Gasteiger partial charge in [-0.3, -0.25) is 14.5 Å². The van der Waals surface area contributed by atoms with Gasteiger partial charge in [0.05, 0.1) is 24.1 Å². The van der Waals surface area contributed by atoms with Crippen LogP contribution in [0.4, 0.5) is 0 Å². The molecule has 3 heterocycles.